The first-order chi connectivity index (χ1) is 11.7. The minimum atomic E-state index is -0.380. The second-order valence-electron chi connectivity index (χ2n) is 5.13. The van der Waals surface area contributed by atoms with E-state index in [2.05, 4.69) is 4.98 Å². The van der Waals surface area contributed by atoms with E-state index < -0.39 is 0 Å². The largest absolute Gasteiger partial charge is 0.493 e. The van der Waals surface area contributed by atoms with Crippen LogP contribution in [0.3, 0.4) is 0 Å². The van der Waals surface area contributed by atoms with E-state index in [1.165, 1.54) is 0 Å². The fraction of sp³-hybridized carbons (Fsp3) is 0.158. The molecule has 0 N–H and O–H groups in total. The molecule has 0 radical (unpaired) electrons. The Kier molecular flexibility index (Phi) is 4.61. The summed E-state index contributed by atoms with van der Waals surface area (Å²) in [5, 5.41) is 1.80. The molecule has 0 fully saturated rings. The first-order valence-electron chi connectivity index (χ1n) is 7.44. The average Bonchev–Trinajstić information content (AvgIpc) is 2.65. The Balaban J connectivity index is 1.88. The van der Waals surface area contributed by atoms with Gasteiger partial charge in [0.2, 0.25) is 0 Å². The first-order valence-corrected chi connectivity index (χ1v) is 7.44. The summed E-state index contributed by atoms with van der Waals surface area (Å²) < 4.78 is 16.0. The maximum absolute atomic E-state index is 12.1. The molecule has 0 aliphatic heterocycles. The Hall–Kier alpha value is -3.08. The van der Waals surface area contributed by atoms with Crippen molar-refractivity contribution in [1.29, 1.82) is 0 Å². The van der Waals surface area contributed by atoms with Crippen molar-refractivity contribution >= 4 is 16.7 Å². The number of benzene rings is 2. The molecule has 1 aromatic heterocycles. The van der Waals surface area contributed by atoms with Crippen LogP contribution in [-0.4, -0.2) is 25.2 Å². The summed E-state index contributed by atoms with van der Waals surface area (Å²) in [6, 6.07) is 14.5. The van der Waals surface area contributed by atoms with Gasteiger partial charge in [0.05, 0.1) is 25.5 Å². The maximum atomic E-state index is 12.1. The molecule has 0 amide bonds. The standard InChI is InChI=1S/C19H17NO4/c1-22-17-10-14-8-9-20-16(15(14)11-18(17)23-2)12-24-19(21)13-6-4-3-5-7-13/h3-11H,12H2,1-2H3. The second-order valence-corrected chi connectivity index (χ2v) is 5.13. The van der Waals surface area contributed by atoms with E-state index in [-0.39, 0.29) is 12.6 Å². The summed E-state index contributed by atoms with van der Waals surface area (Å²) in [6.45, 7) is 0.0839. The Morgan fingerprint density at radius 1 is 1.00 bits per heavy atom. The molecule has 0 saturated heterocycles. The molecule has 0 aliphatic carbocycles. The van der Waals surface area contributed by atoms with Crippen molar-refractivity contribution in [2.45, 2.75) is 6.61 Å². The van der Waals surface area contributed by atoms with Gasteiger partial charge < -0.3 is 14.2 Å². The fourth-order valence-corrected chi connectivity index (χ4v) is 2.47. The van der Waals surface area contributed by atoms with E-state index in [1.54, 1.807) is 44.7 Å². The van der Waals surface area contributed by atoms with Crippen LogP contribution in [0.4, 0.5) is 0 Å². The number of fused-ring (bicyclic) bond motifs is 1. The molecular weight excluding hydrogens is 306 g/mol. The van der Waals surface area contributed by atoms with Gasteiger partial charge in [0, 0.05) is 11.6 Å². The normalized spacial score (nSPS) is 10.4. The molecule has 122 valence electrons. The van der Waals surface area contributed by atoms with Gasteiger partial charge in [0.1, 0.15) is 6.61 Å². The molecule has 0 unspecified atom stereocenters. The second kappa shape index (κ2) is 7.00. The van der Waals surface area contributed by atoms with Crippen LogP contribution in [0.25, 0.3) is 10.8 Å². The van der Waals surface area contributed by atoms with Crippen LogP contribution < -0.4 is 9.47 Å². The van der Waals surface area contributed by atoms with E-state index in [0.717, 1.165) is 10.8 Å². The molecule has 0 bridgehead atoms. The summed E-state index contributed by atoms with van der Waals surface area (Å²) in [6.07, 6.45) is 1.68. The number of methoxy groups -OCH3 is 2. The molecule has 0 aliphatic rings. The fourth-order valence-electron chi connectivity index (χ4n) is 2.47. The Morgan fingerprint density at radius 2 is 1.71 bits per heavy atom. The van der Waals surface area contributed by atoms with Crippen LogP contribution in [0.5, 0.6) is 11.5 Å². The zero-order valence-electron chi connectivity index (χ0n) is 13.5. The van der Waals surface area contributed by atoms with Crippen LogP contribution in [-0.2, 0) is 11.3 Å². The number of carbonyl (C=O) groups is 1. The predicted molar refractivity (Wildman–Crippen MR) is 90.4 cm³/mol. The molecule has 3 rings (SSSR count). The van der Waals surface area contributed by atoms with E-state index in [9.17, 15) is 4.79 Å². The molecule has 0 saturated carbocycles. The number of hydrogen-bond donors (Lipinski definition) is 0. The van der Waals surface area contributed by atoms with Gasteiger partial charge in [-0.25, -0.2) is 4.79 Å². The van der Waals surface area contributed by atoms with Crippen molar-refractivity contribution in [2.24, 2.45) is 0 Å². The summed E-state index contributed by atoms with van der Waals surface area (Å²) in [5.74, 6) is 0.868. The third-order valence-corrected chi connectivity index (χ3v) is 3.70. The number of aromatic nitrogens is 1. The SMILES string of the molecule is COc1cc2ccnc(COC(=O)c3ccccc3)c2cc1OC. The lowest BCUT2D eigenvalue weighted by Crippen LogP contribution is -2.06. The van der Waals surface area contributed by atoms with E-state index in [0.29, 0.717) is 22.8 Å². The van der Waals surface area contributed by atoms with Gasteiger partial charge >= 0.3 is 5.97 Å². The van der Waals surface area contributed by atoms with Gasteiger partial charge in [-0.1, -0.05) is 18.2 Å². The topological polar surface area (TPSA) is 57.7 Å². The number of hydrogen-bond acceptors (Lipinski definition) is 5. The van der Waals surface area contributed by atoms with Gasteiger partial charge in [0.15, 0.2) is 11.5 Å². The Labute approximate surface area is 139 Å². The quantitative estimate of drug-likeness (QED) is 0.671. The van der Waals surface area contributed by atoms with Crippen molar-refractivity contribution in [1.82, 2.24) is 4.98 Å². The highest BCUT2D eigenvalue weighted by molar-refractivity contribution is 5.90. The minimum Gasteiger partial charge on any atom is -0.493 e. The smallest absolute Gasteiger partial charge is 0.338 e. The number of rotatable bonds is 5. The first kappa shape index (κ1) is 15.8. The van der Waals surface area contributed by atoms with Crippen LogP contribution in [0.2, 0.25) is 0 Å². The highest BCUT2D eigenvalue weighted by Gasteiger charge is 2.12. The Morgan fingerprint density at radius 3 is 2.42 bits per heavy atom. The van der Waals surface area contributed by atoms with Gasteiger partial charge in [-0.15, -0.1) is 0 Å². The predicted octanol–water partition coefficient (Wildman–Crippen LogP) is 3.61. The molecule has 2 aromatic carbocycles. The molecule has 0 spiro atoms. The number of esters is 1. The van der Waals surface area contributed by atoms with Gasteiger partial charge in [-0.05, 0) is 35.7 Å². The molecule has 5 nitrogen and oxygen atoms in total. The van der Waals surface area contributed by atoms with Gasteiger partial charge in [-0.3, -0.25) is 4.98 Å². The molecule has 5 heteroatoms. The van der Waals surface area contributed by atoms with E-state index >= 15 is 0 Å². The maximum Gasteiger partial charge on any atom is 0.338 e. The summed E-state index contributed by atoms with van der Waals surface area (Å²) >= 11 is 0. The molecular formula is C19H17NO4. The number of nitrogens with zero attached hydrogens (tertiary/aromatic N) is 1. The summed E-state index contributed by atoms with van der Waals surface area (Å²) in [7, 11) is 3.17. The molecule has 24 heavy (non-hydrogen) atoms. The van der Waals surface area contributed by atoms with Crippen molar-refractivity contribution in [3.63, 3.8) is 0 Å². The van der Waals surface area contributed by atoms with Crippen molar-refractivity contribution in [3.8, 4) is 11.5 Å². The summed E-state index contributed by atoms with van der Waals surface area (Å²) in [4.78, 5) is 16.4. The van der Waals surface area contributed by atoms with Crippen molar-refractivity contribution in [2.75, 3.05) is 14.2 Å². The molecule has 3 aromatic rings. The lowest BCUT2D eigenvalue weighted by molar-refractivity contribution is 0.0469. The highest BCUT2D eigenvalue weighted by Crippen LogP contribution is 2.33. The molecule has 1 heterocycles. The van der Waals surface area contributed by atoms with Crippen LogP contribution in [0.15, 0.2) is 54.7 Å². The number of ether oxygens (including phenoxy) is 3. The number of pyridine rings is 1. The zero-order chi connectivity index (χ0) is 16.9. The number of carbonyl (C=O) groups excluding carboxylic acids is 1. The third-order valence-electron chi connectivity index (χ3n) is 3.70. The molecule has 0 atom stereocenters. The zero-order valence-corrected chi connectivity index (χ0v) is 13.5. The van der Waals surface area contributed by atoms with Gasteiger partial charge in [0.25, 0.3) is 0 Å². The van der Waals surface area contributed by atoms with Crippen molar-refractivity contribution in [3.05, 3.63) is 66.0 Å². The monoisotopic (exact) mass is 323 g/mol. The van der Waals surface area contributed by atoms with Crippen LogP contribution >= 0.6 is 0 Å². The third kappa shape index (κ3) is 3.15. The van der Waals surface area contributed by atoms with Crippen LogP contribution in [0, 0.1) is 0 Å². The lowest BCUT2D eigenvalue weighted by Gasteiger charge is -2.11. The lowest BCUT2D eigenvalue weighted by atomic mass is 10.1. The average molecular weight is 323 g/mol. The van der Waals surface area contributed by atoms with Crippen LogP contribution in [0.1, 0.15) is 16.1 Å². The Bertz CT molecular complexity index is 862. The minimum absolute atomic E-state index is 0.0839. The summed E-state index contributed by atoms with van der Waals surface area (Å²) in [5.41, 5.74) is 1.18. The van der Waals surface area contributed by atoms with Crippen molar-refractivity contribution < 1.29 is 19.0 Å². The van der Waals surface area contributed by atoms with E-state index in [1.807, 2.05) is 24.3 Å². The van der Waals surface area contributed by atoms with Gasteiger partial charge in [-0.2, -0.15) is 0 Å². The van der Waals surface area contributed by atoms with E-state index in [4.69, 9.17) is 14.2 Å². The highest BCUT2D eigenvalue weighted by atomic mass is 16.5.